The summed E-state index contributed by atoms with van der Waals surface area (Å²) >= 11 is 0. The lowest BCUT2D eigenvalue weighted by Crippen LogP contribution is -1.96. The van der Waals surface area contributed by atoms with Gasteiger partial charge >= 0.3 is 0 Å². The number of benzene rings is 2. The summed E-state index contributed by atoms with van der Waals surface area (Å²) in [6, 6.07) is 15.4. The highest BCUT2D eigenvalue weighted by Crippen LogP contribution is 2.26. The Balaban J connectivity index is 2.10. The van der Waals surface area contributed by atoms with Gasteiger partial charge in [0.15, 0.2) is 0 Å². The van der Waals surface area contributed by atoms with E-state index in [0.29, 0.717) is 5.92 Å². The SMILES string of the molecule is Cc1cc(C)cc(-c2cc3cccc(CC(C)C)c3cn2)c1. The molecule has 112 valence electrons. The molecule has 1 heteroatoms. The summed E-state index contributed by atoms with van der Waals surface area (Å²) in [5, 5.41) is 2.56. The second-order valence-electron chi connectivity index (χ2n) is 6.68. The minimum atomic E-state index is 0.657. The normalized spacial score (nSPS) is 11.3. The highest BCUT2D eigenvalue weighted by Gasteiger charge is 2.07. The van der Waals surface area contributed by atoms with Gasteiger partial charge in [-0.2, -0.15) is 0 Å². The Morgan fingerprint density at radius 2 is 1.68 bits per heavy atom. The summed E-state index contributed by atoms with van der Waals surface area (Å²) in [5.74, 6) is 0.657. The Kier molecular flexibility index (Phi) is 3.98. The molecule has 0 spiro atoms. The molecule has 3 aromatic rings. The maximum absolute atomic E-state index is 4.73. The third-order valence-electron chi connectivity index (χ3n) is 4.00. The van der Waals surface area contributed by atoms with Crippen molar-refractivity contribution in [1.82, 2.24) is 4.98 Å². The highest BCUT2D eigenvalue weighted by atomic mass is 14.7. The van der Waals surface area contributed by atoms with Crippen LogP contribution in [-0.2, 0) is 6.42 Å². The summed E-state index contributed by atoms with van der Waals surface area (Å²) in [6.45, 7) is 8.79. The van der Waals surface area contributed by atoms with E-state index in [1.807, 2.05) is 6.20 Å². The van der Waals surface area contributed by atoms with Crippen molar-refractivity contribution in [2.24, 2.45) is 5.92 Å². The van der Waals surface area contributed by atoms with Crippen LogP contribution in [0.15, 0.2) is 48.7 Å². The van der Waals surface area contributed by atoms with Gasteiger partial charge in [-0.25, -0.2) is 0 Å². The van der Waals surface area contributed by atoms with E-state index >= 15 is 0 Å². The second kappa shape index (κ2) is 5.92. The standard InChI is InChI=1S/C21H23N/c1-14(2)8-17-6-5-7-18-12-21(22-13-20(17)18)19-10-15(3)9-16(4)11-19/h5-7,9-14H,8H2,1-4H3. The number of pyridine rings is 1. The quantitative estimate of drug-likeness (QED) is 0.601. The number of aryl methyl sites for hydroxylation is 2. The Morgan fingerprint density at radius 3 is 2.36 bits per heavy atom. The smallest absolute Gasteiger partial charge is 0.0708 e. The number of nitrogens with zero attached hydrogens (tertiary/aromatic N) is 1. The van der Waals surface area contributed by atoms with Crippen molar-refractivity contribution in [3.05, 3.63) is 65.4 Å². The number of aromatic nitrogens is 1. The summed E-state index contributed by atoms with van der Waals surface area (Å²) < 4.78 is 0. The van der Waals surface area contributed by atoms with Gasteiger partial charge in [-0.1, -0.05) is 49.2 Å². The molecular weight excluding hydrogens is 266 g/mol. The average molecular weight is 289 g/mol. The predicted octanol–water partition coefficient (Wildman–Crippen LogP) is 5.72. The molecule has 0 aliphatic heterocycles. The molecule has 3 rings (SSSR count). The first-order chi connectivity index (χ1) is 10.5. The molecule has 0 N–H and O–H groups in total. The van der Waals surface area contributed by atoms with Crippen LogP contribution in [0.2, 0.25) is 0 Å². The van der Waals surface area contributed by atoms with Crippen molar-refractivity contribution < 1.29 is 0 Å². The van der Waals surface area contributed by atoms with E-state index in [1.165, 1.54) is 33.0 Å². The van der Waals surface area contributed by atoms with Crippen molar-refractivity contribution in [3.63, 3.8) is 0 Å². The van der Waals surface area contributed by atoms with E-state index in [0.717, 1.165) is 12.1 Å². The molecule has 0 aliphatic carbocycles. The summed E-state index contributed by atoms with van der Waals surface area (Å²) in [5.41, 5.74) is 6.22. The molecule has 0 saturated carbocycles. The van der Waals surface area contributed by atoms with Gasteiger partial charge in [0.25, 0.3) is 0 Å². The highest BCUT2D eigenvalue weighted by molar-refractivity contribution is 5.88. The van der Waals surface area contributed by atoms with Gasteiger partial charge in [0, 0.05) is 17.1 Å². The maximum atomic E-state index is 4.73. The van der Waals surface area contributed by atoms with Crippen molar-refractivity contribution in [3.8, 4) is 11.3 Å². The van der Waals surface area contributed by atoms with Crippen LogP contribution >= 0.6 is 0 Å². The van der Waals surface area contributed by atoms with Crippen molar-refractivity contribution in [1.29, 1.82) is 0 Å². The molecule has 0 radical (unpaired) electrons. The van der Waals surface area contributed by atoms with Gasteiger partial charge in [-0.3, -0.25) is 4.98 Å². The largest absolute Gasteiger partial charge is 0.256 e. The molecule has 2 aromatic carbocycles. The van der Waals surface area contributed by atoms with Crippen molar-refractivity contribution in [2.75, 3.05) is 0 Å². The average Bonchev–Trinajstić information content (AvgIpc) is 2.45. The number of fused-ring (bicyclic) bond motifs is 1. The molecule has 0 unspecified atom stereocenters. The van der Waals surface area contributed by atoms with Crippen LogP contribution in [0.1, 0.15) is 30.5 Å². The van der Waals surface area contributed by atoms with Gasteiger partial charge in [0.1, 0.15) is 0 Å². The summed E-state index contributed by atoms with van der Waals surface area (Å²) in [7, 11) is 0. The van der Waals surface area contributed by atoms with Gasteiger partial charge in [0.2, 0.25) is 0 Å². The molecule has 1 heterocycles. The minimum Gasteiger partial charge on any atom is -0.256 e. The third kappa shape index (κ3) is 3.04. The van der Waals surface area contributed by atoms with Crippen LogP contribution in [0.3, 0.4) is 0 Å². The predicted molar refractivity (Wildman–Crippen MR) is 95.2 cm³/mol. The molecule has 0 amide bonds. The lowest BCUT2D eigenvalue weighted by molar-refractivity contribution is 0.650. The molecule has 0 bridgehead atoms. The lowest BCUT2D eigenvalue weighted by Gasteiger charge is -2.10. The Morgan fingerprint density at radius 1 is 0.955 bits per heavy atom. The fourth-order valence-electron chi connectivity index (χ4n) is 3.13. The van der Waals surface area contributed by atoms with Crippen LogP contribution in [0.25, 0.3) is 22.0 Å². The first-order valence-electron chi connectivity index (χ1n) is 7.99. The van der Waals surface area contributed by atoms with Crippen molar-refractivity contribution >= 4 is 10.8 Å². The molecule has 0 fully saturated rings. The molecule has 0 atom stereocenters. The number of hydrogen-bond donors (Lipinski definition) is 0. The number of hydrogen-bond acceptors (Lipinski definition) is 1. The number of rotatable bonds is 3. The molecule has 1 nitrogen and oxygen atoms in total. The van der Waals surface area contributed by atoms with Gasteiger partial charge in [-0.05, 0) is 55.3 Å². The molecule has 22 heavy (non-hydrogen) atoms. The first kappa shape index (κ1) is 14.8. The van der Waals surface area contributed by atoms with Crippen molar-refractivity contribution in [2.45, 2.75) is 34.1 Å². The van der Waals surface area contributed by atoms with Crippen LogP contribution in [0.5, 0.6) is 0 Å². The second-order valence-corrected chi connectivity index (χ2v) is 6.68. The maximum Gasteiger partial charge on any atom is 0.0708 e. The van der Waals surface area contributed by atoms with E-state index in [2.05, 4.69) is 70.2 Å². The lowest BCUT2D eigenvalue weighted by atomic mass is 9.97. The van der Waals surface area contributed by atoms with Crippen LogP contribution in [0, 0.1) is 19.8 Å². The summed E-state index contributed by atoms with van der Waals surface area (Å²) in [4.78, 5) is 4.73. The molecular formula is C21H23N. The van der Waals surface area contributed by atoms with E-state index in [1.54, 1.807) is 0 Å². The fraction of sp³-hybridized carbons (Fsp3) is 0.286. The van der Waals surface area contributed by atoms with E-state index in [9.17, 15) is 0 Å². The van der Waals surface area contributed by atoms with Crippen LogP contribution in [0.4, 0.5) is 0 Å². The van der Waals surface area contributed by atoms with Gasteiger partial charge in [0.05, 0.1) is 5.69 Å². The monoisotopic (exact) mass is 289 g/mol. The van der Waals surface area contributed by atoms with Crippen LogP contribution in [-0.4, -0.2) is 4.98 Å². The zero-order chi connectivity index (χ0) is 15.7. The van der Waals surface area contributed by atoms with Gasteiger partial charge < -0.3 is 0 Å². The topological polar surface area (TPSA) is 12.9 Å². The van der Waals surface area contributed by atoms with E-state index in [4.69, 9.17) is 4.98 Å². The molecule has 0 saturated heterocycles. The Bertz CT molecular complexity index is 795. The minimum absolute atomic E-state index is 0.657. The first-order valence-corrected chi connectivity index (χ1v) is 7.99. The zero-order valence-electron chi connectivity index (χ0n) is 13.9. The zero-order valence-corrected chi connectivity index (χ0v) is 13.9. The van der Waals surface area contributed by atoms with Gasteiger partial charge in [-0.15, -0.1) is 0 Å². The van der Waals surface area contributed by atoms with E-state index < -0.39 is 0 Å². The van der Waals surface area contributed by atoms with Crippen LogP contribution < -0.4 is 0 Å². The third-order valence-corrected chi connectivity index (χ3v) is 4.00. The Labute approximate surface area is 133 Å². The summed E-state index contributed by atoms with van der Waals surface area (Å²) in [6.07, 6.45) is 3.14. The van der Waals surface area contributed by atoms with E-state index in [-0.39, 0.29) is 0 Å². The molecule has 1 aromatic heterocycles. The fourth-order valence-corrected chi connectivity index (χ4v) is 3.13. The Hall–Kier alpha value is -2.15. The molecule has 0 aliphatic rings.